The third-order valence-electron chi connectivity index (χ3n) is 4.04. The minimum absolute atomic E-state index is 0.0650. The smallest absolute Gasteiger partial charge is 0.354 e. The quantitative estimate of drug-likeness (QED) is 0.660. The van der Waals surface area contributed by atoms with Gasteiger partial charge in [0, 0.05) is 11.3 Å². The van der Waals surface area contributed by atoms with Crippen molar-refractivity contribution in [2.75, 3.05) is 7.11 Å². The molecule has 0 N–H and O–H groups in total. The molecular formula is C13H21NO3. The topological polar surface area (TPSA) is 47.9 Å². The lowest BCUT2D eigenvalue weighted by Crippen LogP contribution is -2.49. The van der Waals surface area contributed by atoms with Crippen molar-refractivity contribution in [1.82, 2.24) is 0 Å². The Labute approximate surface area is 102 Å². The number of rotatable bonds is 1. The number of carbonyl (C=O) groups excluding carboxylic acids is 1. The Morgan fingerprint density at radius 2 is 2.12 bits per heavy atom. The van der Waals surface area contributed by atoms with Crippen LogP contribution in [0.25, 0.3) is 0 Å². The standard InChI is InChI=1S/C13H21NO3/c1-8-6-7-9-10(12(2,3)4)14-17-13(8,9)11(15)16-5/h8-9H,6-7H2,1-5H3. The maximum absolute atomic E-state index is 12.1. The van der Waals surface area contributed by atoms with Crippen LogP contribution in [0.4, 0.5) is 0 Å². The molecule has 1 fully saturated rings. The minimum atomic E-state index is -0.864. The lowest BCUT2D eigenvalue weighted by molar-refractivity contribution is -0.174. The van der Waals surface area contributed by atoms with Crippen LogP contribution in [-0.4, -0.2) is 24.4 Å². The number of methoxy groups -OCH3 is 1. The van der Waals surface area contributed by atoms with Crippen molar-refractivity contribution in [2.24, 2.45) is 22.4 Å². The summed E-state index contributed by atoms with van der Waals surface area (Å²) in [7, 11) is 1.41. The summed E-state index contributed by atoms with van der Waals surface area (Å²) < 4.78 is 4.93. The van der Waals surface area contributed by atoms with Crippen LogP contribution in [0.1, 0.15) is 40.5 Å². The molecule has 0 saturated heterocycles. The molecule has 1 heterocycles. The van der Waals surface area contributed by atoms with Gasteiger partial charge in [0.2, 0.25) is 5.60 Å². The van der Waals surface area contributed by atoms with Gasteiger partial charge < -0.3 is 9.57 Å². The summed E-state index contributed by atoms with van der Waals surface area (Å²) in [6, 6.07) is 0. The van der Waals surface area contributed by atoms with Crippen molar-refractivity contribution in [3.8, 4) is 0 Å². The molecule has 2 aliphatic rings. The number of hydrogen-bond acceptors (Lipinski definition) is 4. The summed E-state index contributed by atoms with van der Waals surface area (Å²) in [5.74, 6) is -0.0519. The molecule has 3 unspecified atom stereocenters. The van der Waals surface area contributed by atoms with Crippen molar-refractivity contribution in [3.63, 3.8) is 0 Å². The average molecular weight is 239 g/mol. The van der Waals surface area contributed by atoms with Crippen molar-refractivity contribution in [2.45, 2.75) is 46.1 Å². The van der Waals surface area contributed by atoms with E-state index in [1.165, 1.54) is 7.11 Å². The minimum Gasteiger partial charge on any atom is -0.466 e. The molecular weight excluding hydrogens is 218 g/mol. The summed E-state index contributed by atoms with van der Waals surface area (Å²) in [5.41, 5.74) is 0.0641. The molecule has 1 saturated carbocycles. The van der Waals surface area contributed by atoms with E-state index in [1.807, 2.05) is 6.92 Å². The third-order valence-corrected chi connectivity index (χ3v) is 4.04. The molecule has 4 heteroatoms. The van der Waals surface area contributed by atoms with E-state index in [0.29, 0.717) is 0 Å². The van der Waals surface area contributed by atoms with Gasteiger partial charge in [-0.1, -0.05) is 32.9 Å². The zero-order chi connectivity index (χ0) is 12.8. The summed E-state index contributed by atoms with van der Waals surface area (Å²) in [5, 5.41) is 4.20. The SMILES string of the molecule is COC(=O)C12ON=C(C(C)(C)C)C1CCC2C. The van der Waals surface area contributed by atoms with Crippen LogP contribution in [0, 0.1) is 17.3 Å². The zero-order valence-electron chi connectivity index (χ0n) is 11.2. The Morgan fingerprint density at radius 3 is 2.65 bits per heavy atom. The highest BCUT2D eigenvalue weighted by Crippen LogP contribution is 2.51. The van der Waals surface area contributed by atoms with Gasteiger partial charge in [0.15, 0.2) is 0 Å². The number of hydrogen-bond donors (Lipinski definition) is 0. The summed E-state index contributed by atoms with van der Waals surface area (Å²) >= 11 is 0. The molecule has 0 amide bonds. The van der Waals surface area contributed by atoms with Crippen LogP contribution in [0.15, 0.2) is 5.16 Å². The van der Waals surface area contributed by atoms with E-state index in [-0.39, 0.29) is 23.2 Å². The number of carbonyl (C=O) groups is 1. The van der Waals surface area contributed by atoms with Crippen LogP contribution in [0.2, 0.25) is 0 Å². The zero-order valence-corrected chi connectivity index (χ0v) is 11.2. The lowest BCUT2D eigenvalue weighted by atomic mass is 9.75. The molecule has 0 bridgehead atoms. The Kier molecular flexibility index (Phi) is 2.71. The molecule has 0 spiro atoms. The molecule has 1 aliphatic heterocycles. The second kappa shape index (κ2) is 3.72. The van der Waals surface area contributed by atoms with Gasteiger partial charge >= 0.3 is 5.97 Å². The van der Waals surface area contributed by atoms with E-state index in [1.54, 1.807) is 0 Å². The first kappa shape index (κ1) is 12.4. The van der Waals surface area contributed by atoms with E-state index in [2.05, 4.69) is 25.9 Å². The normalized spacial score (nSPS) is 36.2. The summed E-state index contributed by atoms with van der Waals surface area (Å²) in [4.78, 5) is 17.7. The summed E-state index contributed by atoms with van der Waals surface area (Å²) in [6.07, 6.45) is 1.93. The maximum atomic E-state index is 12.1. The maximum Gasteiger partial charge on any atom is 0.354 e. The van der Waals surface area contributed by atoms with Gasteiger partial charge in [0.05, 0.1) is 18.7 Å². The second-order valence-corrected chi connectivity index (χ2v) is 6.13. The Morgan fingerprint density at radius 1 is 1.47 bits per heavy atom. The van der Waals surface area contributed by atoms with Gasteiger partial charge in [-0.15, -0.1) is 0 Å². The Bertz CT molecular complexity index is 369. The first-order valence-electron chi connectivity index (χ1n) is 6.19. The van der Waals surface area contributed by atoms with E-state index in [9.17, 15) is 4.79 Å². The molecule has 96 valence electrons. The molecule has 2 rings (SSSR count). The van der Waals surface area contributed by atoms with Crippen molar-refractivity contribution in [3.05, 3.63) is 0 Å². The fourth-order valence-electron chi connectivity index (χ4n) is 3.07. The van der Waals surface area contributed by atoms with Gasteiger partial charge in [-0.25, -0.2) is 4.79 Å². The van der Waals surface area contributed by atoms with Gasteiger partial charge in [0.25, 0.3) is 0 Å². The Balaban J connectivity index is 2.38. The third kappa shape index (κ3) is 1.57. The second-order valence-electron chi connectivity index (χ2n) is 6.13. The summed E-state index contributed by atoms with van der Waals surface area (Å²) in [6.45, 7) is 8.35. The predicted molar refractivity (Wildman–Crippen MR) is 64.6 cm³/mol. The molecule has 4 nitrogen and oxygen atoms in total. The number of nitrogens with zero attached hydrogens (tertiary/aromatic N) is 1. The average Bonchev–Trinajstić information content (AvgIpc) is 2.76. The van der Waals surface area contributed by atoms with Crippen LogP contribution in [-0.2, 0) is 14.4 Å². The number of oxime groups is 1. The number of esters is 1. The van der Waals surface area contributed by atoms with Crippen LogP contribution in [0.3, 0.4) is 0 Å². The lowest BCUT2D eigenvalue weighted by Gasteiger charge is -2.30. The molecule has 0 radical (unpaired) electrons. The van der Waals surface area contributed by atoms with E-state index in [0.717, 1.165) is 18.6 Å². The van der Waals surface area contributed by atoms with Crippen LogP contribution in [0.5, 0.6) is 0 Å². The van der Waals surface area contributed by atoms with Gasteiger partial charge in [-0.05, 0) is 12.8 Å². The first-order valence-corrected chi connectivity index (χ1v) is 6.19. The first-order chi connectivity index (χ1) is 7.84. The molecule has 3 atom stereocenters. The van der Waals surface area contributed by atoms with Crippen molar-refractivity contribution in [1.29, 1.82) is 0 Å². The number of fused-ring (bicyclic) bond motifs is 1. The monoisotopic (exact) mass is 239 g/mol. The molecule has 0 aromatic rings. The predicted octanol–water partition coefficient (Wildman–Crippen LogP) is 2.38. The highest BCUT2D eigenvalue weighted by atomic mass is 16.7. The van der Waals surface area contributed by atoms with E-state index < -0.39 is 5.60 Å². The van der Waals surface area contributed by atoms with Gasteiger partial charge in [-0.2, -0.15) is 0 Å². The largest absolute Gasteiger partial charge is 0.466 e. The molecule has 0 aromatic carbocycles. The van der Waals surface area contributed by atoms with E-state index >= 15 is 0 Å². The molecule has 0 aromatic heterocycles. The van der Waals surface area contributed by atoms with Crippen molar-refractivity contribution < 1.29 is 14.4 Å². The van der Waals surface area contributed by atoms with Crippen LogP contribution >= 0.6 is 0 Å². The fourth-order valence-corrected chi connectivity index (χ4v) is 3.07. The van der Waals surface area contributed by atoms with Gasteiger partial charge in [-0.3, -0.25) is 0 Å². The van der Waals surface area contributed by atoms with Gasteiger partial charge in [0.1, 0.15) is 0 Å². The fraction of sp³-hybridized carbons (Fsp3) is 0.846. The van der Waals surface area contributed by atoms with E-state index in [4.69, 9.17) is 9.57 Å². The highest BCUT2D eigenvalue weighted by molar-refractivity contribution is 5.99. The van der Waals surface area contributed by atoms with Crippen molar-refractivity contribution >= 4 is 11.7 Å². The molecule has 1 aliphatic carbocycles. The molecule has 17 heavy (non-hydrogen) atoms. The van der Waals surface area contributed by atoms with Crippen LogP contribution < -0.4 is 0 Å². The Hall–Kier alpha value is -1.06. The number of ether oxygens (including phenoxy) is 1. The highest BCUT2D eigenvalue weighted by Gasteiger charge is 2.63.